The van der Waals surface area contributed by atoms with Crippen molar-refractivity contribution in [3.63, 3.8) is 0 Å². The molecule has 0 unspecified atom stereocenters. The highest BCUT2D eigenvalue weighted by molar-refractivity contribution is 6.32. The molecule has 0 bridgehead atoms. The molecular formula is C21H18ClFN4O3. The summed E-state index contributed by atoms with van der Waals surface area (Å²) in [6.07, 6.45) is 2.64. The summed E-state index contributed by atoms with van der Waals surface area (Å²) in [4.78, 5) is 20.0. The third-order valence-corrected chi connectivity index (χ3v) is 5.87. The molecule has 1 fully saturated rings. The van der Waals surface area contributed by atoms with Crippen LogP contribution in [0.1, 0.15) is 16.1 Å². The van der Waals surface area contributed by atoms with E-state index in [0.717, 1.165) is 11.9 Å². The van der Waals surface area contributed by atoms with E-state index >= 15 is 0 Å². The minimum atomic E-state index is -0.503. The molecule has 2 aliphatic heterocycles. The van der Waals surface area contributed by atoms with Crippen LogP contribution in [0.4, 0.5) is 15.8 Å². The van der Waals surface area contributed by atoms with E-state index in [-0.39, 0.29) is 11.3 Å². The topological polar surface area (TPSA) is 88.3 Å². The van der Waals surface area contributed by atoms with Gasteiger partial charge in [-0.2, -0.15) is 0 Å². The van der Waals surface area contributed by atoms with Gasteiger partial charge in [-0.25, -0.2) is 4.39 Å². The molecule has 0 atom stereocenters. The molecule has 1 aromatic carbocycles. The quantitative estimate of drug-likeness (QED) is 0.590. The van der Waals surface area contributed by atoms with E-state index in [0.29, 0.717) is 58.7 Å². The Kier molecular flexibility index (Phi) is 4.41. The number of hydrogen-bond donors (Lipinski definition) is 3. The smallest absolute Gasteiger partial charge is 0.255 e. The first-order chi connectivity index (χ1) is 14.5. The summed E-state index contributed by atoms with van der Waals surface area (Å²) in [7, 11) is 1.51. The first-order valence-electron chi connectivity index (χ1n) is 9.36. The minimum absolute atomic E-state index is 0.247. The van der Waals surface area contributed by atoms with Crippen molar-refractivity contribution in [1.82, 2.24) is 15.3 Å². The first-order valence-corrected chi connectivity index (χ1v) is 9.74. The fourth-order valence-electron chi connectivity index (χ4n) is 4.00. The predicted molar refractivity (Wildman–Crippen MR) is 110 cm³/mol. The molecule has 2 aromatic heterocycles. The number of ether oxygens (including phenoxy) is 2. The zero-order chi connectivity index (χ0) is 20.9. The number of nitrogens with zero attached hydrogens (tertiary/aromatic N) is 1. The fourth-order valence-corrected chi connectivity index (χ4v) is 4.25. The van der Waals surface area contributed by atoms with E-state index in [1.165, 1.54) is 13.3 Å². The van der Waals surface area contributed by atoms with Crippen molar-refractivity contribution < 1.29 is 18.7 Å². The molecule has 154 valence electrons. The Hall–Kier alpha value is -3.10. The van der Waals surface area contributed by atoms with Crippen LogP contribution in [0, 0.1) is 5.82 Å². The van der Waals surface area contributed by atoms with Crippen LogP contribution < -0.4 is 15.4 Å². The lowest BCUT2D eigenvalue weighted by Crippen LogP contribution is -2.58. The first kappa shape index (κ1) is 18.9. The monoisotopic (exact) mass is 428 g/mol. The second-order valence-electron chi connectivity index (χ2n) is 7.38. The van der Waals surface area contributed by atoms with Gasteiger partial charge in [0.25, 0.3) is 5.91 Å². The van der Waals surface area contributed by atoms with E-state index in [4.69, 9.17) is 21.1 Å². The Bertz CT molecular complexity index is 1160. The fraction of sp³-hybridized carbons (Fsp3) is 0.238. The summed E-state index contributed by atoms with van der Waals surface area (Å²) in [5, 5.41) is 6.60. The van der Waals surface area contributed by atoms with Gasteiger partial charge in [0, 0.05) is 24.0 Å². The largest absolute Gasteiger partial charge is 0.493 e. The maximum absolute atomic E-state index is 14.7. The van der Waals surface area contributed by atoms with Gasteiger partial charge in [0.15, 0.2) is 11.6 Å². The van der Waals surface area contributed by atoms with Crippen molar-refractivity contribution >= 4 is 28.9 Å². The highest BCUT2D eigenvalue weighted by Crippen LogP contribution is 2.46. The second kappa shape index (κ2) is 7.00. The van der Waals surface area contributed by atoms with Crippen LogP contribution in [0.5, 0.6) is 5.75 Å². The number of carbonyl (C=O) groups excluding carboxylic acids is 1. The lowest BCUT2D eigenvalue weighted by Gasteiger charge is -2.43. The normalized spacial score (nSPS) is 16.6. The predicted octanol–water partition coefficient (Wildman–Crippen LogP) is 3.63. The van der Waals surface area contributed by atoms with Gasteiger partial charge >= 0.3 is 0 Å². The Morgan fingerprint density at radius 1 is 1.33 bits per heavy atom. The molecule has 3 aromatic rings. The van der Waals surface area contributed by atoms with Crippen LogP contribution in [0.15, 0.2) is 36.7 Å². The number of methoxy groups -OCH3 is 1. The van der Waals surface area contributed by atoms with Gasteiger partial charge in [0.05, 0.1) is 59.6 Å². The molecule has 2 aliphatic rings. The Balaban J connectivity index is 1.74. The number of H-pyrrole nitrogens is 1. The number of pyridine rings is 1. The number of aromatic amines is 1. The molecule has 5 rings (SSSR count). The number of nitrogens with one attached hydrogen (secondary N) is 3. The van der Waals surface area contributed by atoms with Crippen LogP contribution in [0.2, 0.25) is 5.02 Å². The standard InChI is InChI=1S/C21H18ClFN4O3/c1-29-18-12(22)3-2-4-14(18)26-17-15-19(21(9-30-10-21)8-25-20(15)28)27-16(17)11-5-6-24-7-13(11)23/h2-7,26-27H,8-10H2,1H3,(H,25,28). The van der Waals surface area contributed by atoms with E-state index in [9.17, 15) is 9.18 Å². The van der Waals surface area contributed by atoms with Gasteiger partial charge in [-0.05, 0) is 18.2 Å². The molecule has 1 spiro atoms. The van der Waals surface area contributed by atoms with Gasteiger partial charge in [-0.15, -0.1) is 0 Å². The maximum atomic E-state index is 14.7. The zero-order valence-corrected chi connectivity index (χ0v) is 16.8. The van der Waals surface area contributed by atoms with Gasteiger partial charge in [-0.3, -0.25) is 9.78 Å². The third-order valence-electron chi connectivity index (χ3n) is 5.57. The molecule has 0 saturated carbocycles. The molecule has 9 heteroatoms. The number of carbonyl (C=O) groups is 1. The summed E-state index contributed by atoms with van der Waals surface area (Å²) in [6, 6.07) is 6.81. The van der Waals surface area contributed by atoms with Crippen molar-refractivity contribution in [3.8, 4) is 17.0 Å². The van der Waals surface area contributed by atoms with Gasteiger partial charge in [0.1, 0.15) is 0 Å². The van der Waals surface area contributed by atoms with Crippen LogP contribution >= 0.6 is 11.6 Å². The van der Waals surface area contributed by atoms with Crippen LogP contribution in [0.3, 0.4) is 0 Å². The zero-order valence-electron chi connectivity index (χ0n) is 16.0. The van der Waals surface area contributed by atoms with Crippen LogP contribution in [-0.4, -0.2) is 42.7 Å². The molecule has 7 nitrogen and oxygen atoms in total. The number of fused-ring (bicyclic) bond motifs is 2. The minimum Gasteiger partial charge on any atom is -0.493 e. The number of amides is 1. The Labute approximate surface area is 176 Å². The van der Waals surface area contributed by atoms with Crippen molar-refractivity contribution in [2.24, 2.45) is 0 Å². The molecule has 0 radical (unpaired) electrons. The van der Waals surface area contributed by atoms with Crippen molar-refractivity contribution in [3.05, 3.63) is 58.8 Å². The highest BCUT2D eigenvalue weighted by atomic mass is 35.5. The summed E-state index contributed by atoms with van der Waals surface area (Å²) in [6.45, 7) is 1.40. The number of anilines is 2. The van der Waals surface area contributed by atoms with Crippen molar-refractivity contribution in [1.29, 1.82) is 0 Å². The molecule has 4 heterocycles. The Morgan fingerprint density at radius 3 is 2.87 bits per heavy atom. The third kappa shape index (κ3) is 2.75. The van der Waals surface area contributed by atoms with E-state index < -0.39 is 5.82 Å². The van der Waals surface area contributed by atoms with Crippen molar-refractivity contribution in [2.45, 2.75) is 5.41 Å². The molecule has 0 aliphatic carbocycles. The average molecular weight is 429 g/mol. The van der Waals surface area contributed by atoms with Gasteiger partial charge in [-0.1, -0.05) is 17.7 Å². The van der Waals surface area contributed by atoms with E-state index in [1.807, 2.05) is 0 Å². The van der Waals surface area contributed by atoms with Crippen molar-refractivity contribution in [2.75, 3.05) is 32.2 Å². The number of halogens is 2. The van der Waals surface area contributed by atoms with E-state index in [1.54, 1.807) is 24.3 Å². The summed E-state index contributed by atoms with van der Waals surface area (Å²) < 4.78 is 25.5. The highest BCUT2D eigenvalue weighted by Gasteiger charge is 2.49. The molecular weight excluding hydrogens is 411 g/mol. The number of para-hydroxylation sites is 1. The second-order valence-corrected chi connectivity index (χ2v) is 7.79. The number of benzene rings is 1. The van der Waals surface area contributed by atoms with Crippen LogP contribution in [0.25, 0.3) is 11.3 Å². The maximum Gasteiger partial charge on any atom is 0.255 e. The van der Waals surface area contributed by atoms with Crippen LogP contribution in [-0.2, 0) is 10.2 Å². The number of aromatic nitrogens is 2. The lowest BCUT2D eigenvalue weighted by molar-refractivity contribution is -0.0621. The van der Waals surface area contributed by atoms with E-state index in [2.05, 4.69) is 20.6 Å². The average Bonchev–Trinajstić information content (AvgIpc) is 3.08. The summed E-state index contributed by atoms with van der Waals surface area (Å²) >= 11 is 6.26. The van der Waals surface area contributed by atoms with Gasteiger partial charge < -0.3 is 25.1 Å². The molecule has 1 amide bonds. The summed E-state index contributed by atoms with van der Waals surface area (Å²) in [5.41, 5.74) is 2.54. The number of hydrogen-bond acceptors (Lipinski definition) is 5. The Morgan fingerprint density at radius 2 is 2.17 bits per heavy atom. The molecule has 3 N–H and O–H groups in total. The summed E-state index contributed by atoms with van der Waals surface area (Å²) in [5.74, 6) is -0.326. The lowest BCUT2D eigenvalue weighted by atomic mass is 9.78. The number of rotatable bonds is 4. The van der Waals surface area contributed by atoms with Gasteiger partial charge in [0.2, 0.25) is 0 Å². The SMILES string of the molecule is COc1c(Cl)cccc1Nc1c(-c2ccncc2F)[nH]c2c1C(=O)NCC21COC1. The molecule has 30 heavy (non-hydrogen) atoms. The molecule has 1 saturated heterocycles.